The summed E-state index contributed by atoms with van der Waals surface area (Å²) in [5, 5.41) is 35.0. The molecule has 0 unspecified atom stereocenters. The van der Waals surface area contributed by atoms with Crippen molar-refractivity contribution in [1.29, 1.82) is 0 Å². The first kappa shape index (κ1) is 33.6. The van der Waals surface area contributed by atoms with Crippen LogP contribution < -0.4 is 16.4 Å². The van der Waals surface area contributed by atoms with Gasteiger partial charge in [0.2, 0.25) is 11.9 Å². The second kappa shape index (κ2) is 15.4. The molecule has 0 aliphatic carbocycles. The first-order valence-corrected chi connectivity index (χ1v) is 15.7. The Bertz CT molecular complexity index is 1330. The van der Waals surface area contributed by atoms with Gasteiger partial charge in [0.05, 0.1) is 26.8 Å². The molecule has 0 saturated heterocycles. The Morgan fingerprint density at radius 1 is 0.564 bits per heavy atom. The molecule has 0 atom stereocenters. The monoisotopic (exact) mass is 916 g/mol. The van der Waals surface area contributed by atoms with Crippen molar-refractivity contribution in [2.24, 2.45) is 0 Å². The van der Waals surface area contributed by atoms with Crippen LogP contribution in [0, 0.1) is 6.92 Å². The number of phenolic OH excluding ortho intramolecular Hbond substituents is 3. The lowest BCUT2D eigenvalue weighted by atomic mass is 10.3. The van der Waals surface area contributed by atoms with E-state index in [4.69, 9.17) is 5.73 Å². The topological polar surface area (TPSA) is 149 Å². The van der Waals surface area contributed by atoms with Gasteiger partial charge in [0.15, 0.2) is 0 Å². The Labute approximate surface area is 275 Å². The second-order valence-electron chi connectivity index (χ2n) is 7.19. The average Bonchev–Trinajstić information content (AvgIpc) is 2.85. The maximum absolute atomic E-state index is 9.82. The smallest absolute Gasteiger partial charge is 0.232 e. The van der Waals surface area contributed by atoms with Gasteiger partial charge in [0, 0.05) is 17.1 Å². The summed E-state index contributed by atoms with van der Waals surface area (Å²) in [4.78, 5) is 12.9. The highest BCUT2D eigenvalue weighted by atomic mass is 79.9. The van der Waals surface area contributed by atoms with Gasteiger partial charge in [-0.2, -0.15) is 15.0 Å². The zero-order valence-electron chi connectivity index (χ0n) is 20.5. The zero-order chi connectivity index (χ0) is 29.4. The quantitative estimate of drug-likeness (QED) is 0.0870. The summed E-state index contributed by atoms with van der Waals surface area (Å²) in [6.07, 6.45) is 0. The van der Waals surface area contributed by atoms with Crippen molar-refractivity contribution >= 4 is 125 Å². The molecule has 208 valence electrons. The lowest BCUT2D eigenvalue weighted by Crippen LogP contribution is -2.05. The third-order valence-corrected chi connectivity index (χ3v) is 7.96. The third-order valence-electron chi connectivity index (χ3n) is 4.33. The van der Waals surface area contributed by atoms with Gasteiger partial charge in [-0.1, -0.05) is 13.8 Å². The summed E-state index contributed by atoms with van der Waals surface area (Å²) in [6, 6.07) is 10.1. The van der Waals surface area contributed by atoms with E-state index in [0.29, 0.717) is 61.6 Å². The van der Waals surface area contributed by atoms with Gasteiger partial charge in [-0.15, -0.1) is 0 Å². The molecular formula is C24H22Br6N6O3. The molecule has 4 rings (SSSR count). The number of nitrogens with zero attached hydrogens (tertiary/aromatic N) is 3. The highest BCUT2D eigenvalue weighted by Crippen LogP contribution is 2.37. The molecule has 0 radical (unpaired) electrons. The zero-order valence-corrected chi connectivity index (χ0v) is 30.0. The SMILES string of the molecule is CC.Cc1nc(Nc2cc(Br)c(O)c(Br)c2)nc(Nc2cc(Br)c(O)c(Br)c2)n1.Nc1cc(Br)c(O)c(Br)c1. The van der Waals surface area contributed by atoms with Gasteiger partial charge in [-0.25, -0.2) is 0 Å². The van der Waals surface area contributed by atoms with Crippen LogP contribution in [0.2, 0.25) is 0 Å². The lowest BCUT2D eigenvalue weighted by molar-refractivity contribution is 0.468. The Kier molecular flexibility index (Phi) is 13.2. The van der Waals surface area contributed by atoms with Crippen molar-refractivity contribution in [2.75, 3.05) is 16.4 Å². The largest absolute Gasteiger partial charge is 0.506 e. The molecule has 15 heteroatoms. The van der Waals surface area contributed by atoms with E-state index in [9.17, 15) is 15.3 Å². The predicted octanol–water partition coefficient (Wildman–Crippen LogP) is 9.65. The number of hydrogen-bond donors (Lipinski definition) is 6. The molecule has 0 spiro atoms. The molecule has 0 aliphatic rings. The van der Waals surface area contributed by atoms with Crippen molar-refractivity contribution in [2.45, 2.75) is 20.8 Å². The van der Waals surface area contributed by atoms with Gasteiger partial charge >= 0.3 is 0 Å². The van der Waals surface area contributed by atoms with Gasteiger partial charge in [0.1, 0.15) is 23.1 Å². The fourth-order valence-corrected chi connectivity index (χ4v) is 6.31. The van der Waals surface area contributed by atoms with Crippen LogP contribution in [-0.2, 0) is 0 Å². The molecule has 4 aromatic rings. The Morgan fingerprint density at radius 3 is 1.15 bits per heavy atom. The summed E-state index contributed by atoms with van der Waals surface area (Å²) in [6.45, 7) is 5.75. The summed E-state index contributed by atoms with van der Waals surface area (Å²) >= 11 is 19.4. The van der Waals surface area contributed by atoms with Crippen LogP contribution in [0.4, 0.5) is 29.0 Å². The number of phenols is 3. The number of nitrogen functional groups attached to an aromatic ring is 1. The Morgan fingerprint density at radius 2 is 0.846 bits per heavy atom. The number of aryl methyl sites for hydroxylation is 1. The van der Waals surface area contributed by atoms with Crippen molar-refractivity contribution in [1.82, 2.24) is 15.0 Å². The molecule has 9 nitrogen and oxygen atoms in total. The van der Waals surface area contributed by atoms with E-state index < -0.39 is 0 Å². The van der Waals surface area contributed by atoms with Crippen LogP contribution >= 0.6 is 95.6 Å². The fraction of sp³-hybridized carbons (Fsp3) is 0.125. The standard InChI is InChI=1S/C16H11Br4N5O2.C6H5Br2NO.C2H6/c1-6-21-15(23-7-2-9(17)13(26)10(18)3-7)25-16(22-6)24-8-4-11(19)14(27)12(20)5-8;7-4-1-3(9)2-5(8)6(4)10;1-2/h2-5,26-27H,1H3,(H2,21,22,23,24,25);1-2,10H,9H2;1-2H3. The molecule has 7 N–H and O–H groups in total. The fourth-order valence-electron chi connectivity index (χ4n) is 2.71. The minimum absolute atomic E-state index is 0.109. The first-order valence-electron chi connectivity index (χ1n) is 10.9. The summed E-state index contributed by atoms with van der Waals surface area (Å²) in [5.74, 6) is 1.59. The third kappa shape index (κ3) is 9.74. The van der Waals surface area contributed by atoms with Crippen LogP contribution in [0.15, 0.2) is 63.2 Å². The maximum Gasteiger partial charge on any atom is 0.232 e. The number of rotatable bonds is 4. The van der Waals surface area contributed by atoms with Crippen LogP contribution in [0.3, 0.4) is 0 Å². The second-order valence-corrected chi connectivity index (χ2v) is 12.3. The number of halogens is 6. The molecule has 0 aliphatic heterocycles. The van der Waals surface area contributed by atoms with Gasteiger partial charge in [-0.05, 0) is 139 Å². The van der Waals surface area contributed by atoms with E-state index >= 15 is 0 Å². The van der Waals surface area contributed by atoms with Gasteiger partial charge in [-0.3, -0.25) is 0 Å². The molecule has 39 heavy (non-hydrogen) atoms. The number of nitrogens with one attached hydrogen (secondary N) is 2. The predicted molar refractivity (Wildman–Crippen MR) is 177 cm³/mol. The van der Waals surface area contributed by atoms with Crippen LogP contribution in [0.1, 0.15) is 19.7 Å². The van der Waals surface area contributed by atoms with Gasteiger partial charge in [0.25, 0.3) is 0 Å². The molecule has 0 saturated carbocycles. The molecule has 0 bridgehead atoms. The molecule has 0 fully saturated rings. The lowest BCUT2D eigenvalue weighted by Gasteiger charge is -2.11. The van der Waals surface area contributed by atoms with Crippen molar-refractivity contribution < 1.29 is 15.3 Å². The van der Waals surface area contributed by atoms with E-state index in [1.54, 1.807) is 43.3 Å². The molecule has 1 heterocycles. The highest BCUT2D eigenvalue weighted by Gasteiger charge is 2.11. The van der Waals surface area contributed by atoms with E-state index in [1.807, 2.05) is 13.8 Å². The summed E-state index contributed by atoms with van der Waals surface area (Å²) < 4.78 is 3.31. The number of anilines is 5. The van der Waals surface area contributed by atoms with Crippen molar-refractivity contribution in [3.8, 4) is 17.2 Å². The van der Waals surface area contributed by atoms with Crippen molar-refractivity contribution in [3.05, 3.63) is 69.1 Å². The van der Waals surface area contributed by atoms with Gasteiger partial charge < -0.3 is 31.7 Å². The number of nitrogens with two attached hydrogens (primary N) is 1. The molecular weight excluding hydrogens is 900 g/mol. The average molecular weight is 922 g/mol. The number of aromatic nitrogens is 3. The number of hydrogen-bond acceptors (Lipinski definition) is 9. The number of benzene rings is 3. The first-order chi connectivity index (χ1) is 18.3. The van der Waals surface area contributed by atoms with Crippen LogP contribution in [-0.4, -0.2) is 30.3 Å². The Balaban J connectivity index is 0.000000372. The van der Waals surface area contributed by atoms with Crippen LogP contribution in [0.25, 0.3) is 0 Å². The maximum atomic E-state index is 9.82. The van der Waals surface area contributed by atoms with E-state index in [2.05, 4.69) is 121 Å². The normalized spacial score (nSPS) is 10.1. The molecule has 1 aromatic heterocycles. The Hall–Kier alpha value is -1.65. The number of aromatic hydroxyl groups is 3. The molecule has 0 amide bonds. The van der Waals surface area contributed by atoms with Crippen molar-refractivity contribution in [3.63, 3.8) is 0 Å². The van der Waals surface area contributed by atoms with E-state index in [0.717, 1.165) is 0 Å². The van der Waals surface area contributed by atoms with E-state index in [-0.39, 0.29) is 17.2 Å². The molecule has 3 aromatic carbocycles. The summed E-state index contributed by atoms with van der Waals surface area (Å²) in [5.41, 5.74) is 7.42. The highest BCUT2D eigenvalue weighted by molar-refractivity contribution is 9.11. The minimum Gasteiger partial charge on any atom is -0.506 e. The minimum atomic E-state index is 0.109. The summed E-state index contributed by atoms with van der Waals surface area (Å²) in [7, 11) is 0. The van der Waals surface area contributed by atoms with Crippen LogP contribution in [0.5, 0.6) is 17.2 Å². The van der Waals surface area contributed by atoms with E-state index in [1.165, 1.54) is 0 Å².